The van der Waals surface area contributed by atoms with Gasteiger partial charge in [0.15, 0.2) is 0 Å². The van der Waals surface area contributed by atoms with Crippen molar-refractivity contribution in [3.8, 4) is 0 Å². The van der Waals surface area contributed by atoms with E-state index in [1.54, 1.807) is 6.07 Å². The molecule has 2 amide bonds. The summed E-state index contributed by atoms with van der Waals surface area (Å²) in [6, 6.07) is 4.54. The Balaban J connectivity index is 1.82. The molecule has 0 saturated heterocycles. The second-order valence-corrected chi connectivity index (χ2v) is 10.9. The van der Waals surface area contributed by atoms with Crippen molar-refractivity contribution in [2.45, 2.75) is 88.9 Å². The highest BCUT2D eigenvalue weighted by atomic mass is 32.2. The van der Waals surface area contributed by atoms with Gasteiger partial charge in [-0.2, -0.15) is 0 Å². The summed E-state index contributed by atoms with van der Waals surface area (Å²) in [4.78, 5) is 25.8. The van der Waals surface area contributed by atoms with Crippen LogP contribution >= 0.6 is 0 Å². The van der Waals surface area contributed by atoms with Gasteiger partial charge >= 0.3 is 0 Å². The first kappa shape index (κ1) is 24.7. The van der Waals surface area contributed by atoms with Crippen molar-refractivity contribution in [1.29, 1.82) is 0 Å². The summed E-state index contributed by atoms with van der Waals surface area (Å²) in [5.74, 6) is -0.278. The molecule has 2 saturated carbocycles. The third-order valence-electron chi connectivity index (χ3n) is 6.59. The number of unbranched alkanes of at least 4 members (excludes halogenated alkanes) is 1. The number of nitrogens with one attached hydrogen (secondary N) is 3. The first-order valence-corrected chi connectivity index (χ1v) is 13.6. The first-order chi connectivity index (χ1) is 15.4. The van der Waals surface area contributed by atoms with Crippen LogP contribution in [0.1, 0.15) is 84.0 Å². The molecule has 0 aliphatic heterocycles. The quantitative estimate of drug-likeness (QED) is 0.457. The van der Waals surface area contributed by atoms with Crippen molar-refractivity contribution in [3.63, 3.8) is 0 Å². The van der Waals surface area contributed by atoms with Crippen LogP contribution in [0.3, 0.4) is 0 Å². The number of rotatable bonds is 9. The van der Waals surface area contributed by atoms with Gasteiger partial charge in [-0.25, -0.2) is 13.1 Å². The van der Waals surface area contributed by atoms with Crippen LogP contribution in [0.4, 0.5) is 11.4 Å². The highest BCUT2D eigenvalue weighted by Gasteiger charge is 2.25. The van der Waals surface area contributed by atoms with Crippen molar-refractivity contribution in [2.24, 2.45) is 11.8 Å². The second kappa shape index (κ2) is 11.8. The Labute approximate surface area is 192 Å². The fourth-order valence-corrected chi connectivity index (χ4v) is 5.67. The van der Waals surface area contributed by atoms with E-state index >= 15 is 0 Å². The standard InChI is InChI=1S/C24H37N3O4S/c1-2-3-16-25-32(30,31)20-14-15-21(26-23(28)18-10-6-4-7-11-18)22(17-20)27-24(29)19-12-8-5-9-13-19/h14-15,17-19,25H,2-13,16H2,1H3,(H,26,28)(H,27,29). The van der Waals surface area contributed by atoms with Crippen molar-refractivity contribution in [3.05, 3.63) is 18.2 Å². The van der Waals surface area contributed by atoms with Gasteiger partial charge in [-0.05, 0) is 50.3 Å². The lowest BCUT2D eigenvalue weighted by molar-refractivity contribution is -0.121. The molecular weight excluding hydrogens is 426 g/mol. The predicted molar refractivity (Wildman–Crippen MR) is 127 cm³/mol. The number of sulfonamides is 1. The average Bonchev–Trinajstić information content (AvgIpc) is 2.81. The molecule has 0 aromatic heterocycles. The number of carbonyl (C=O) groups is 2. The Morgan fingerprint density at radius 3 is 1.91 bits per heavy atom. The monoisotopic (exact) mass is 463 g/mol. The van der Waals surface area contributed by atoms with E-state index in [2.05, 4.69) is 15.4 Å². The number of benzene rings is 1. The van der Waals surface area contributed by atoms with Crippen LogP contribution in [0.25, 0.3) is 0 Å². The van der Waals surface area contributed by atoms with Gasteiger partial charge in [0.05, 0.1) is 16.3 Å². The van der Waals surface area contributed by atoms with Gasteiger partial charge in [-0.15, -0.1) is 0 Å². The van der Waals surface area contributed by atoms with Crippen molar-refractivity contribution in [1.82, 2.24) is 4.72 Å². The molecule has 2 aliphatic rings. The van der Waals surface area contributed by atoms with E-state index in [1.807, 2.05) is 6.92 Å². The van der Waals surface area contributed by atoms with Crippen LogP contribution in [0.5, 0.6) is 0 Å². The lowest BCUT2D eigenvalue weighted by Crippen LogP contribution is -2.28. The van der Waals surface area contributed by atoms with Crippen LogP contribution in [-0.2, 0) is 19.6 Å². The molecule has 0 heterocycles. The summed E-state index contributed by atoms with van der Waals surface area (Å²) in [6.07, 6.45) is 11.5. The molecule has 7 nitrogen and oxygen atoms in total. The van der Waals surface area contributed by atoms with Crippen LogP contribution in [0.2, 0.25) is 0 Å². The van der Waals surface area contributed by atoms with Crippen LogP contribution in [-0.4, -0.2) is 26.8 Å². The lowest BCUT2D eigenvalue weighted by atomic mass is 9.88. The normalized spacial score (nSPS) is 18.3. The van der Waals surface area contributed by atoms with Crippen LogP contribution in [0, 0.1) is 11.8 Å². The third-order valence-corrected chi connectivity index (χ3v) is 8.05. The molecule has 0 spiro atoms. The van der Waals surface area contributed by atoms with Crippen molar-refractivity contribution >= 4 is 33.2 Å². The Morgan fingerprint density at radius 1 is 0.844 bits per heavy atom. The maximum Gasteiger partial charge on any atom is 0.240 e. The van der Waals surface area contributed by atoms with Crippen molar-refractivity contribution in [2.75, 3.05) is 17.2 Å². The van der Waals surface area contributed by atoms with Gasteiger partial charge in [-0.3, -0.25) is 9.59 Å². The largest absolute Gasteiger partial charge is 0.324 e. The molecule has 0 unspecified atom stereocenters. The molecule has 1 aromatic rings. The zero-order chi connectivity index (χ0) is 23.0. The van der Waals surface area contributed by atoms with Gasteiger partial charge in [0.1, 0.15) is 0 Å². The summed E-state index contributed by atoms with van der Waals surface area (Å²) in [6.45, 7) is 2.36. The lowest BCUT2D eigenvalue weighted by Gasteiger charge is -2.24. The summed E-state index contributed by atoms with van der Waals surface area (Å²) in [5, 5.41) is 5.87. The predicted octanol–water partition coefficient (Wildman–Crippen LogP) is 4.80. The maximum absolute atomic E-state index is 12.9. The van der Waals surface area contributed by atoms with E-state index in [4.69, 9.17) is 0 Å². The summed E-state index contributed by atoms with van der Waals surface area (Å²) in [7, 11) is -3.70. The smallest absolute Gasteiger partial charge is 0.240 e. The minimum atomic E-state index is -3.70. The fraction of sp³-hybridized carbons (Fsp3) is 0.667. The fourth-order valence-electron chi connectivity index (χ4n) is 4.57. The van der Waals surface area contributed by atoms with Gasteiger partial charge < -0.3 is 10.6 Å². The zero-order valence-electron chi connectivity index (χ0n) is 19.1. The third kappa shape index (κ3) is 6.78. The molecular formula is C24H37N3O4S. The molecule has 3 rings (SSSR count). The molecule has 0 radical (unpaired) electrons. The first-order valence-electron chi connectivity index (χ1n) is 12.2. The average molecular weight is 464 g/mol. The molecule has 32 heavy (non-hydrogen) atoms. The van der Waals surface area contributed by atoms with E-state index in [-0.39, 0.29) is 28.5 Å². The molecule has 178 valence electrons. The molecule has 2 fully saturated rings. The Morgan fingerprint density at radius 2 is 1.38 bits per heavy atom. The molecule has 0 bridgehead atoms. The number of hydrogen-bond donors (Lipinski definition) is 3. The van der Waals surface area contributed by atoms with E-state index in [1.165, 1.54) is 12.1 Å². The van der Waals surface area contributed by atoms with E-state index in [9.17, 15) is 18.0 Å². The minimum Gasteiger partial charge on any atom is -0.324 e. The summed E-state index contributed by atoms with van der Waals surface area (Å²) >= 11 is 0. The van der Waals surface area contributed by atoms with Crippen LogP contribution < -0.4 is 15.4 Å². The molecule has 3 N–H and O–H groups in total. The van der Waals surface area contributed by atoms with Gasteiger partial charge in [0.25, 0.3) is 0 Å². The van der Waals surface area contributed by atoms with Gasteiger partial charge in [0, 0.05) is 18.4 Å². The summed E-state index contributed by atoms with van der Waals surface area (Å²) in [5.41, 5.74) is 0.806. The number of hydrogen-bond acceptors (Lipinski definition) is 4. The van der Waals surface area contributed by atoms with E-state index in [0.29, 0.717) is 17.9 Å². The van der Waals surface area contributed by atoms with Gasteiger partial charge in [-0.1, -0.05) is 51.9 Å². The Hall–Kier alpha value is -1.93. The maximum atomic E-state index is 12.9. The molecule has 8 heteroatoms. The highest BCUT2D eigenvalue weighted by molar-refractivity contribution is 7.89. The number of anilines is 2. The highest BCUT2D eigenvalue weighted by Crippen LogP contribution is 2.31. The Kier molecular flexibility index (Phi) is 9.11. The minimum absolute atomic E-state index is 0.0373. The van der Waals surface area contributed by atoms with Crippen molar-refractivity contribution < 1.29 is 18.0 Å². The second-order valence-electron chi connectivity index (χ2n) is 9.11. The number of carbonyl (C=O) groups excluding carboxylic acids is 2. The van der Waals surface area contributed by atoms with E-state index in [0.717, 1.165) is 77.0 Å². The topological polar surface area (TPSA) is 104 Å². The SMILES string of the molecule is CCCCNS(=O)(=O)c1ccc(NC(=O)C2CCCCC2)c(NC(=O)C2CCCCC2)c1. The molecule has 0 atom stereocenters. The van der Waals surface area contributed by atoms with Gasteiger partial charge in [0.2, 0.25) is 21.8 Å². The molecule has 2 aliphatic carbocycles. The summed E-state index contributed by atoms with van der Waals surface area (Å²) < 4.78 is 28.0. The Bertz CT molecular complexity index is 889. The number of amides is 2. The molecule has 1 aromatic carbocycles. The van der Waals surface area contributed by atoms with Crippen LogP contribution in [0.15, 0.2) is 23.1 Å². The van der Waals surface area contributed by atoms with E-state index < -0.39 is 10.0 Å². The zero-order valence-corrected chi connectivity index (χ0v) is 19.9.